The minimum atomic E-state index is -0.504. The van der Waals surface area contributed by atoms with Crippen LogP contribution in [0.25, 0.3) is 10.8 Å². The van der Waals surface area contributed by atoms with E-state index in [2.05, 4.69) is 5.32 Å². The van der Waals surface area contributed by atoms with E-state index in [1.807, 2.05) is 6.92 Å². The van der Waals surface area contributed by atoms with Gasteiger partial charge in [-0.1, -0.05) is 13.0 Å². The molecule has 0 aliphatic heterocycles. The second-order valence-corrected chi connectivity index (χ2v) is 5.68. The fourth-order valence-corrected chi connectivity index (χ4v) is 2.68. The van der Waals surface area contributed by atoms with E-state index in [1.165, 1.54) is 47.0 Å². The van der Waals surface area contributed by atoms with E-state index >= 15 is 0 Å². The van der Waals surface area contributed by atoms with Gasteiger partial charge in [-0.2, -0.15) is 0 Å². The molecule has 2 aromatic carbocycles. The van der Waals surface area contributed by atoms with Crippen LogP contribution in [-0.4, -0.2) is 10.5 Å². The molecule has 128 valence electrons. The van der Waals surface area contributed by atoms with Crippen LogP contribution in [-0.2, 0) is 6.54 Å². The van der Waals surface area contributed by atoms with Crippen molar-refractivity contribution >= 4 is 22.4 Å². The summed E-state index contributed by atoms with van der Waals surface area (Å²) in [6, 6.07) is 10.8. The number of nitrogens with zero attached hydrogens (tertiary/aromatic N) is 1. The molecule has 1 heterocycles. The maximum Gasteiger partial charge on any atom is 0.272 e. The molecule has 0 unspecified atom stereocenters. The largest absolute Gasteiger partial charge is 0.321 e. The number of hydrogen-bond acceptors (Lipinski definition) is 2. The highest BCUT2D eigenvalue weighted by Gasteiger charge is 2.16. The summed E-state index contributed by atoms with van der Waals surface area (Å²) in [5.41, 5.74) is 0.180. The number of benzene rings is 2. The molecular weight excluding hydrogens is 326 g/mol. The van der Waals surface area contributed by atoms with Gasteiger partial charge in [-0.05, 0) is 54.3 Å². The lowest BCUT2D eigenvalue weighted by molar-refractivity contribution is 0.101. The molecule has 0 fully saturated rings. The van der Waals surface area contributed by atoms with Gasteiger partial charge >= 0.3 is 0 Å². The Balaban J connectivity index is 2.08. The lowest BCUT2D eigenvalue weighted by Crippen LogP contribution is -2.28. The number of aromatic nitrogens is 1. The maximum absolute atomic E-state index is 13.5. The van der Waals surface area contributed by atoms with Crippen molar-refractivity contribution in [2.75, 3.05) is 5.32 Å². The summed E-state index contributed by atoms with van der Waals surface area (Å²) < 4.78 is 27.8. The number of anilines is 1. The Morgan fingerprint density at radius 1 is 1.04 bits per heavy atom. The first kappa shape index (κ1) is 16.8. The van der Waals surface area contributed by atoms with Crippen LogP contribution in [0.5, 0.6) is 0 Å². The van der Waals surface area contributed by atoms with Gasteiger partial charge < -0.3 is 9.88 Å². The van der Waals surface area contributed by atoms with Crippen molar-refractivity contribution in [3.63, 3.8) is 0 Å². The summed E-state index contributed by atoms with van der Waals surface area (Å²) in [6.45, 7) is 2.21. The zero-order valence-electron chi connectivity index (χ0n) is 13.6. The standard InChI is InChI=1S/C19H16F2N2O2/c1-2-9-23-17(18(24)22-15-7-5-13(20)6-8-15)10-12-3-4-14(21)11-16(12)19(23)25/h3-8,10-11H,2,9H2,1H3,(H,22,24). The van der Waals surface area contributed by atoms with E-state index in [0.717, 1.165) is 0 Å². The molecule has 4 nitrogen and oxygen atoms in total. The Hall–Kier alpha value is -3.02. The number of halogens is 2. The number of pyridine rings is 1. The summed E-state index contributed by atoms with van der Waals surface area (Å²) in [4.78, 5) is 25.3. The summed E-state index contributed by atoms with van der Waals surface area (Å²) >= 11 is 0. The quantitative estimate of drug-likeness (QED) is 0.781. The molecular formula is C19H16F2N2O2. The van der Waals surface area contributed by atoms with Crippen molar-refractivity contribution in [2.45, 2.75) is 19.9 Å². The third kappa shape index (κ3) is 3.42. The van der Waals surface area contributed by atoms with Crippen molar-refractivity contribution in [3.8, 4) is 0 Å². The van der Waals surface area contributed by atoms with Crippen LogP contribution in [0.1, 0.15) is 23.8 Å². The van der Waals surface area contributed by atoms with Gasteiger partial charge in [0.25, 0.3) is 11.5 Å². The zero-order valence-corrected chi connectivity index (χ0v) is 13.6. The first-order valence-corrected chi connectivity index (χ1v) is 7.89. The second-order valence-electron chi connectivity index (χ2n) is 5.68. The van der Waals surface area contributed by atoms with Gasteiger partial charge in [0.05, 0.1) is 5.39 Å². The average Bonchev–Trinajstić information content (AvgIpc) is 2.59. The van der Waals surface area contributed by atoms with Crippen molar-refractivity contribution in [1.82, 2.24) is 4.57 Å². The van der Waals surface area contributed by atoms with Crippen LogP contribution >= 0.6 is 0 Å². The fourth-order valence-electron chi connectivity index (χ4n) is 2.68. The highest BCUT2D eigenvalue weighted by Crippen LogP contribution is 2.16. The third-order valence-electron chi connectivity index (χ3n) is 3.86. The van der Waals surface area contributed by atoms with Gasteiger partial charge in [0.1, 0.15) is 17.3 Å². The van der Waals surface area contributed by atoms with E-state index in [1.54, 1.807) is 6.07 Å². The first-order chi connectivity index (χ1) is 12.0. The number of carbonyl (C=O) groups is 1. The molecule has 0 aliphatic carbocycles. The molecule has 1 N–H and O–H groups in total. The van der Waals surface area contributed by atoms with Crippen LogP contribution in [0.4, 0.5) is 14.5 Å². The van der Waals surface area contributed by atoms with Gasteiger partial charge in [0.15, 0.2) is 0 Å². The Labute approximate surface area is 142 Å². The predicted molar refractivity (Wildman–Crippen MR) is 92.8 cm³/mol. The molecule has 1 aromatic heterocycles. The lowest BCUT2D eigenvalue weighted by atomic mass is 10.1. The first-order valence-electron chi connectivity index (χ1n) is 7.89. The molecule has 0 spiro atoms. The number of amides is 1. The molecule has 0 bridgehead atoms. The van der Waals surface area contributed by atoms with Crippen molar-refractivity contribution in [2.24, 2.45) is 0 Å². The van der Waals surface area contributed by atoms with E-state index in [9.17, 15) is 18.4 Å². The number of rotatable bonds is 4. The molecule has 0 radical (unpaired) electrons. The molecule has 3 aromatic rings. The summed E-state index contributed by atoms with van der Waals surface area (Å²) in [6.07, 6.45) is 0.636. The number of carbonyl (C=O) groups excluding carboxylic acids is 1. The normalized spacial score (nSPS) is 10.8. The Kier molecular flexibility index (Phi) is 4.61. The van der Waals surface area contributed by atoms with Crippen LogP contribution in [0.2, 0.25) is 0 Å². The fraction of sp³-hybridized carbons (Fsp3) is 0.158. The molecule has 0 saturated carbocycles. The Morgan fingerprint density at radius 3 is 2.40 bits per heavy atom. The molecule has 3 rings (SSSR count). The molecule has 0 saturated heterocycles. The van der Waals surface area contributed by atoms with Crippen LogP contribution in [0.3, 0.4) is 0 Å². The maximum atomic E-state index is 13.5. The molecule has 0 aliphatic rings. The minimum Gasteiger partial charge on any atom is -0.321 e. The van der Waals surface area contributed by atoms with Crippen molar-refractivity contribution in [1.29, 1.82) is 0 Å². The lowest BCUT2D eigenvalue weighted by Gasteiger charge is -2.14. The van der Waals surface area contributed by atoms with Gasteiger partial charge in [0.2, 0.25) is 0 Å². The van der Waals surface area contributed by atoms with E-state index in [-0.39, 0.29) is 11.1 Å². The van der Waals surface area contributed by atoms with E-state index < -0.39 is 23.1 Å². The number of hydrogen-bond donors (Lipinski definition) is 1. The van der Waals surface area contributed by atoms with Crippen molar-refractivity contribution < 1.29 is 13.6 Å². The van der Waals surface area contributed by atoms with E-state index in [4.69, 9.17) is 0 Å². The van der Waals surface area contributed by atoms with Gasteiger partial charge in [-0.15, -0.1) is 0 Å². The summed E-state index contributed by atoms with van der Waals surface area (Å²) in [7, 11) is 0. The smallest absolute Gasteiger partial charge is 0.272 e. The summed E-state index contributed by atoms with van der Waals surface area (Å²) in [5.74, 6) is -1.40. The van der Waals surface area contributed by atoms with Crippen LogP contribution in [0, 0.1) is 11.6 Å². The number of nitrogens with one attached hydrogen (secondary N) is 1. The van der Waals surface area contributed by atoms with E-state index in [0.29, 0.717) is 24.0 Å². The Morgan fingerprint density at radius 2 is 1.72 bits per heavy atom. The SMILES string of the molecule is CCCn1c(C(=O)Nc2ccc(F)cc2)cc2ccc(F)cc2c1=O. The zero-order chi connectivity index (χ0) is 18.0. The van der Waals surface area contributed by atoms with Gasteiger partial charge in [-0.25, -0.2) is 8.78 Å². The summed E-state index contributed by atoms with van der Waals surface area (Å²) in [5, 5.41) is 3.37. The molecule has 25 heavy (non-hydrogen) atoms. The third-order valence-corrected chi connectivity index (χ3v) is 3.86. The van der Waals surface area contributed by atoms with Gasteiger partial charge in [0, 0.05) is 12.2 Å². The number of fused-ring (bicyclic) bond motifs is 1. The predicted octanol–water partition coefficient (Wildman–Crippen LogP) is 3.94. The van der Waals surface area contributed by atoms with Crippen LogP contribution < -0.4 is 10.9 Å². The second kappa shape index (κ2) is 6.84. The molecule has 6 heteroatoms. The van der Waals surface area contributed by atoms with Crippen LogP contribution in [0.15, 0.2) is 53.3 Å². The van der Waals surface area contributed by atoms with Gasteiger partial charge in [-0.3, -0.25) is 9.59 Å². The van der Waals surface area contributed by atoms with Crippen molar-refractivity contribution in [3.05, 3.63) is 76.2 Å². The highest BCUT2D eigenvalue weighted by molar-refractivity contribution is 6.05. The highest BCUT2D eigenvalue weighted by atomic mass is 19.1. The molecule has 0 atom stereocenters. The minimum absolute atomic E-state index is 0.176. The Bertz CT molecular complexity index is 995. The topological polar surface area (TPSA) is 51.1 Å². The molecule has 1 amide bonds. The average molecular weight is 342 g/mol. The monoisotopic (exact) mass is 342 g/mol.